The Morgan fingerprint density at radius 1 is 1.30 bits per heavy atom. The maximum absolute atomic E-state index is 13.8. The Morgan fingerprint density at radius 3 is 2.60 bits per heavy atom. The van der Waals surface area contributed by atoms with Gasteiger partial charge in [-0.3, -0.25) is 9.59 Å². The van der Waals surface area contributed by atoms with Gasteiger partial charge in [-0.1, -0.05) is 6.92 Å². The molecule has 0 unspecified atom stereocenters. The Bertz CT molecular complexity index is 739. The SMILES string of the molecule is CCC(=O)Oc1c(F)[nH]c2c(OC)c(F)ccc2c1=O. The Kier molecular flexibility index (Phi) is 3.69. The summed E-state index contributed by atoms with van der Waals surface area (Å²) in [6, 6.07) is 2.18. The van der Waals surface area contributed by atoms with Crippen molar-refractivity contribution in [2.75, 3.05) is 7.11 Å². The maximum atomic E-state index is 13.8. The van der Waals surface area contributed by atoms with E-state index in [9.17, 15) is 18.4 Å². The number of aromatic nitrogens is 1. The van der Waals surface area contributed by atoms with Gasteiger partial charge in [0.15, 0.2) is 11.6 Å². The van der Waals surface area contributed by atoms with Crippen molar-refractivity contribution in [3.63, 3.8) is 0 Å². The van der Waals surface area contributed by atoms with Gasteiger partial charge in [0.05, 0.1) is 18.0 Å². The highest BCUT2D eigenvalue weighted by Crippen LogP contribution is 2.27. The van der Waals surface area contributed by atoms with E-state index in [2.05, 4.69) is 9.72 Å². The fourth-order valence-electron chi connectivity index (χ4n) is 1.74. The number of carbonyl (C=O) groups is 1. The molecule has 0 spiro atoms. The Hall–Kier alpha value is -2.44. The Balaban J connectivity index is 2.74. The summed E-state index contributed by atoms with van der Waals surface area (Å²) < 4.78 is 36.7. The molecule has 0 saturated carbocycles. The standard InChI is InChI=1S/C13H11F2NO4/c1-3-8(17)20-12-10(18)6-4-5-7(14)11(19-2)9(6)16-13(12)15/h4-5H,3H2,1-2H3,(H,16,18). The second-order valence-electron chi connectivity index (χ2n) is 3.93. The van der Waals surface area contributed by atoms with E-state index in [1.807, 2.05) is 0 Å². The molecule has 2 rings (SSSR count). The molecule has 0 saturated heterocycles. The maximum Gasteiger partial charge on any atom is 0.311 e. The Labute approximate surface area is 112 Å². The van der Waals surface area contributed by atoms with Crippen LogP contribution in [0.1, 0.15) is 13.3 Å². The zero-order valence-corrected chi connectivity index (χ0v) is 10.8. The molecule has 1 N–H and O–H groups in total. The van der Waals surface area contributed by atoms with E-state index in [1.165, 1.54) is 14.0 Å². The van der Waals surface area contributed by atoms with E-state index in [0.29, 0.717) is 0 Å². The fraction of sp³-hybridized carbons (Fsp3) is 0.231. The number of ether oxygens (including phenoxy) is 2. The number of H-pyrrole nitrogens is 1. The van der Waals surface area contributed by atoms with Gasteiger partial charge in [0.1, 0.15) is 0 Å². The van der Waals surface area contributed by atoms with Gasteiger partial charge in [-0.15, -0.1) is 0 Å². The lowest BCUT2D eigenvalue weighted by Gasteiger charge is -2.09. The van der Waals surface area contributed by atoms with Crippen molar-refractivity contribution in [2.24, 2.45) is 0 Å². The first kappa shape index (κ1) is 14.0. The number of carbonyl (C=O) groups excluding carboxylic acids is 1. The van der Waals surface area contributed by atoms with Crippen LogP contribution in [0, 0.1) is 11.8 Å². The highest BCUT2D eigenvalue weighted by molar-refractivity contribution is 5.86. The van der Waals surface area contributed by atoms with Crippen LogP contribution in [-0.2, 0) is 4.79 Å². The van der Waals surface area contributed by atoms with E-state index < -0.39 is 28.9 Å². The van der Waals surface area contributed by atoms with Crippen LogP contribution in [-0.4, -0.2) is 18.1 Å². The van der Waals surface area contributed by atoms with Crippen LogP contribution in [0.2, 0.25) is 0 Å². The van der Waals surface area contributed by atoms with Gasteiger partial charge in [-0.25, -0.2) is 4.39 Å². The highest BCUT2D eigenvalue weighted by atomic mass is 19.1. The third-order valence-corrected chi connectivity index (χ3v) is 2.70. The summed E-state index contributed by atoms with van der Waals surface area (Å²) in [4.78, 5) is 25.4. The normalized spacial score (nSPS) is 10.6. The number of benzene rings is 1. The molecule has 7 heteroatoms. The molecule has 0 aliphatic rings. The molecule has 0 bridgehead atoms. The predicted molar refractivity (Wildman–Crippen MR) is 67.0 cm³/mol. The summed E-state index contributed by atoms with van der Waals surface area (Å²) in [5.74, 6) is -3.67. The summed E-state index contributed by atoms with van der Waals surface area (Å²) in [7, 11) is 1.19. The van der Waals surface area contributed by atoms with Gasteiger partial charge in [-0.05, 0) is 12.1 Å². The number of methoxy groups -OCH3 is 1. The number of rotatable bonds is 3. The molecule has 1 aromatic carbocycles. The van der Waals surface area contributed by atoms with Gasteiger partial charge < -0.3 is 14.5 Å². The van der Waals surface area contributed by atoms with E-state index in [-0.39, 0.29) is 23.1 Å². The zero-order chi connectivity index (χ0) is 14.9. The number of hydrogen-bond donors (Lipinski definition) is 1. The molecule has 1 heterocycles. The first-order chi connectivity index (χ1) is 9.49. The average Bonchev–Trinajstić information content (AvgIpc) is 2.43. The fourth-order valence-corrected chi connectivity index (χ4v) is 1.74. The van der Waals surface area contributed by atoms with Crippen LogP contribution in [0.3, 0.4) is 0 Å². The van der Waals surface area contributed by atoms with Crippen molar-refractivity contribution in [3.05, 3.63) is 34.1 Å². The number of halogens is 2. The van der Waals surface area contributed by atoms with Crippen molar-refractivity contribution in [3.8, 4) is 11.5 Å². The van der Waals surface area contributed by atoms with Gasteiger partial charge in [0.2, 0.25) is 17.1 Å². The van der Waals surface area contributed by atoms with Crippen molar-refractivity contribution in [1.29, 1.82) is 0 Å². The monoisotopic (exact) mass is 283 g/mol. The second-order valence-corrected chi connectivity index (χ2v) is 3.93. The van der Waals surface area contributed by atoms with Gasteiger partial charge in [-0.2, -0.15) is 4.39 Å². The topological polar surface area (TPSA) is 68.4 Å². The molecule has 0 atom stereocenters. The molecular formula is C13H11F2NO4. The summed E-state index contributed by atoms with van der Waals surface area (Å²) in [5, 5.41) is -0.0384. The van der Waals surface area contributed by atoms with E-state index in [4.69, 9.17) is 4.74 Å². The third-order valence-electron chi connectivity index (χ3n) is 2.70. The lowest BCUT2D eigenvalue weighted by atomic mass is 10.2. The average molecular weight is 283 g/mol. The molecule has 2 aromatic rings. The molecule has 0 fully saturated rings. The summed E-state index contributed by atoms with van der Waals surface area (Å²) >= 11 is 0. The van der Waals surface area contributed by atoms with E-state index in [0.717, 1.165) is 12.1 Å². The van der Waals surface area contributed by atoms with E-state index >= 15 is 0 Å². The van der Waals surface area contributed by atoms with Crippen molar-refractivity contribution >= 4 is 16.9 Å². The molecular weight excluding hydrogens is 272 g/mol. The molecule has 0 aliphatic carbocycles. The third kappa shape index (κ3) is 2.22. The lowest BCUT2D eigenvalue weighted by molar-refractivity contribution is -0.134. The van der Waals surface area contributed by atoms with Gasteiger partial charge in [0, 0.05) is 6.42 Å². The number of nitrogens with one attached hydrogen (secondary N) is 1. The molecule has 0 amide bonds. The van der Waals surface area contributed by atoms with E-state index in [1.54, 1.807) is 0 Å². The van der Waals surface area contributed by atoms with Crippen LogP contribution in [0.15, 0.2) is 16.9 Å². The lowest BCUT2D eigenvalue weighted by Crippen LogP contribution is -2.17. The van der Waals surface area contributed by atoms with Gasteiger partial charge in [0.25, 0.3) is 0 Å². The molecule has 0 radical (unpaired) electrons. The largest absolute Gasteiger partial charge is 0.492 e. The van der Waals surface area contributed by atoms with Crippen LogP contribution in [0.4, 0.5) is 8.78 Å². The second kappa shape index (κ2) is 5.28. The van der Waals surface area contributed by atoms with Crippen LogP contribution < -0.4 is 14.9 Å². The highest BCUT2D eigenvalue weighted by Gasteiger charge is 2.19. The van der Waals surface area contributed by atoms with Crippen molar-refractivity contribution in [1.82, 2.24) is 4.98 Å². The number of hydrogen-bond acceptors (Lipinski definition) is 4. The number of esters is 1. The van der Waals surface area contributed by atoms with Crippen LogP contribution in [0.5, 0.6) is 11.5 Å². The smallest absolute Gasteiger partial charge is 0.311 e. The first-order valence-corrected chi connectivity index (χ1v) is 5.78. The molecule has 20 heavy (non-hydrogen) atoms. The summed E-state index contributed by atoms with van der Waals surface area (Å²) in [6.07, 6.45) is -0.0103. The van der Waals surface area contributed by atoms with Gasteiger partial charge >= 0.3 is 5.97 Å². The molecule has 1 aromatic heterocycles. The minimum atomic E-state index is -1.16. The van der Waals surface area contributed by atoms with Crippen molar-refractivity contribution < 1.29 is 23.0 Å². The quantitative estimate of drug-likeness (QED) is 0.692. The minimum Gasteiger partial charge on any atom is -0.492 e. The zero-order valence-electron chi connectivity index (χ0n) is 10.8. The molecule has 5 nitrogen and oxygen atoms in total. The predicted octanol–water partition coefficient (Wildman–Crippen LogP) is 2.13. The van der Waals surface area contributed by atoms with Crippen LogP contribution in [0.25, 0.3) is 10.9 Å². The summed E-state index contributed by atoms with van der Waals surface area (Å²) in [5.41, 5.74) is -0.984. The minimum absolute atomic E-state index is 0.0103. The van der Waals surface area contributed by atoms with Crippen LogP contribution >= 0.6 is 0 Å². The first-order valence-electron chi connectivity index (χ1n) is 5.78. The molecule has 106 valence electrons. The Morgan fingerprint density at radius 2 is 2.00 bits per heavy atom. The summed E-state index contributed by atoms with van der Waals surface area (Å²) in [6.45, 7) is 1.51. The number of fused-ring (bicyclic) bond motifs is 1. The molecule has 0 aliphatic heterocycles. The van der Waals surface area contributed by atoms with Crippen molar-refractivity contribution in [2.45, 2.75) is 13.3 Å². The number of aromatic amines is 1. The number of pyridine rings is 1.